The van der Waals surface area contributed by atoms with E-state index in [4.69, 9.17) is 15.2 Å². The van der Waals surface area contributed by atoms with Crippen LogP contribution in [0.2, 0.25) is 0 Å². The number of amides is 3. The van der Waals surface area contributed by atoms with Gasteiger partial charge in [-0.2, -0.15) is 18.7 Å². The van der Waals surface area contributed by atoms with Crippen molar-refractivity contribution in [2.75, 3.05) is 19.8 Å². The van der Waals surface area contributed by atoms with E-state index in [-0.39, 0.29) is 32.2 Å². The molecule has 2 N–H and O–H groups in total. The van der Waals surface area contributed by atoms with Crippen molar-refractivity contribution in [3.8, 4) is 0 Å². The van der Waals surface area contributed by atoms with Crippen molar-refractivity contribution >= 4 is 17.9 Å². The van der Waals surface area contributed by atoms with Crippen molar-refractivity contribution in [1.82, 2.24) is 9.96 Å². The van der Waals surface area contributed by atoms with Crippen LogP contribution in [-0.2, 0) is 23.9 Å². The van der Waals surface area contributed by atoms with Gasteiger partial charge in [-0.25, -0.2) is 9.59 Å². The molecule has 3 amide bonds. The molecule has 3 heterocycles. The second-order valence-corrected chi connectivity index (χ2v) is 6.97. The molecular weight excluding hydrogens is 356 g/mol. The maximum atomic E-state index is 14.2. The van der Waals surface area contributed by atoms with Gasteiger partial charge in [0.1, 0.15) is 11.6 Å². The number of nitrogens with zero attached hydrogens (tertiary/aromatic N) is 2. The number of nitrogens with two attached hydrogens (primary N) is 1. The Morgan fingerprint density at radius 1 is 1.31 bits per heavy atom. The van der Waals surface area contributed by atoms with E-state index >= 15 is 0 Å². The zero-order valence-electron chi connectivity index (χ0n) is 14.3. The maximum Gasteiger partial charge on any atom is 0.477 e. The number of ether oxygens (including phenoxy) is 2. The van der Waals surface area contributed by atoms with Gasteiger partial charge in [0.25, 0.3) is 0 Å². The summed E-state index contributed by atoms with van der Waals surface area (Å²) in [6.07, 6.45) is -3.25. The number of carbonyl (C=O) groups is 3. The molecule has 3 aliphatic rings. The first-order valence-corrected chi connectivity index (χ1v) is 8.40. The fraction of sp³-hybridized carbons (Fsp3) is 0.800. The smallest absolute Gasteiger partial charge is 0.453 e. The van der Waals surface area contributed by atoms with Gasteiger partial charge in [0, 0.05) is 19.4 Å². The van der Waals surface area contributed by atoms with Crippen LogP contribution < -0.4 is 5.73 Å². The highest BCUT2D eigenvalue weighted by Crippen LogP contribution is 2.34. The quantitative estimate of drug-likeness (QED) is 0.693. The average Bonchev–Trinajstić information content (AvgIpc) is 2.79. The van der Waals surface area contributed by atoms with Crippen LogP contribution >= 0.6 is 0 Å². The Hall–Kier alpha value is -2.01. The zero-order chi connectivity index (χ0) is 19.1. The number of halogens is 2. The van der Waals surface area contributed by atoms with Crippen molar-refractivity contribution in [2.24, 2.45) is 5.73 Å². The highest BCUT2D eigenvalue weighted by atomic mass is 19.3. The van der Waals surface area contributed by atoms with E-state index in [1.807, 2.05) is 0 Å². The monoisotopic (exact) mass is 377 g/mol. The van der Waals surface area contributed by atoms with E-state index in [1.165, 1.54) is 0 Å². The average molecular weight is 377 g/mol. The molecule has 146 valence electrons. The third kappa shape index (κ3) is 3.45. The molecule has 3 fully saturated rings. The zero-order valence-corrected chi connectivity index (χ0v) is 14.3. The lowest BCUT2D eigenvalue weighted by Crippen LogP contribution is -2.49. The largest absolute Gasteiger partial charge is 0.477 e. The van der Waals surface area contributed by atoms with Crippen LogP contribution in [0, 0.1) is 0 Å². The van der Waals surface area contributed by atoms with Crippen LogP contribution in [0.15, 0.2) is 0 Å². The van der Waals surface area contributed by atoms with Crippen molar-refractivity contribution in [3.05, 3.63) is 0 Å². The lowest BCUT2D eigenvalue weighted by Gasteiger charge is -2.34. The van der Waals surface area contributed by atoms with Crippen LogP contribution in [0.3, 0.4) is 0 Å². The van der Waals surface area contributed by atoms with E-state index < -0.39 is 41.7 Å². The fourth-order valence-corrected chi connectivity index (χ4v) is 3.40. The van der Waals surface area contributed by atoms with Crippen LogP contribution in [0.5, 0.6) is 0 Å². The second kappa shape index (κ2) is 6.62. The van der Waals surface area contributed by atoms with Crippen LogP contribution in [0.25, 0.3) is 0 Å². The van der Waals surface area contributed by atoms with Gasteiger partial charge in [-0.3, -0.25) is 4.79 Å². The standard InChI is InChI=1S/C15H21F2N3O6/c1-14(4-6-24-7-5-14)25-12(22)15(16,17)26-20-9-2-3-10(11(18)21)19(8-9)13(20)23/h9-10H,2-8H2,1H3,(H2,18,21)/t9-,10+/m1/s1. The van der Waals surface area contributed by atoms with E-state index in [2.05, 4.69) is 4.84 Å². The minimum atomic E-state index is -4.34. The number of rotatable bonds is 5. The van der Waals surface area contributed by atoms with Gasteiger partial charge < -0.3 is 20.1 Å². The highest BCUT2D eigenvalue weighted by Gasteiger charge is 2.55. The van der Waals surface area contributed by atoms with Gasteiger partial charge in [-0.15, -0.1) is 0 Å². The van der Waals surface area contributed by atoms with Crippen molar-refractivity contribution in [2.45, 2.75) is 56.4 Å². The minimum Gasteiger partial charge on any atom is -0.453 e. The molecule has 11 heteroatoms. The predicted octanol–water partition coefficient (Wildman–Crippen LogP) is 0.377. The molecule has 0 aromatic carbocycles. The Morgan fingerprint density at radius 3 is 2.58 bits per heavy atom. The molecule has 0 aromatic heterocycles. The first-order chi connectivity index (χ1) is 12.1. The normalized spacial score (nSPS) is 28.2. The van der Waals surface area contributed by atoms with Crippen LogP contribution in [0.4, 0.5) is 13.6 Å². The number of hydrogen-bond donors (Lipinski definition) is 1. The molecule has 2 atom stereocenters. The summed E-state index contributed by atoms with van der Waals surface area (Å²) in [5.41, 5.74) is 4.15. The molecule has 2 bridgehead atoms. The molecule has 0 spiro atoms. The van der Waals surface area contributed by atoms with Crippen molar-refractivity contribution < 1.29 is 37.5 Å². The number of carbonyl (C=O) groups excluding carboxylic acids is 3. The molecule has 0 radical (unpaired) electrons. The van der Waals surface area contributed by atoms with E-state index in [9.17, 15) is 23.2 Å². The van der Waals surface area contributed by atoms with E-state index in [0.717, 1.165) is 4.90 Å². The molecule has 0 unspecified atom stereocenters. The Kier molecular flexibility index (Phi) is 4.78. The summed E-state index contributed by atoms with van der Waals surface area (Å²) >= 11 is 0. The van der Waals surface area contributed by atoms with Gasteiger partial charge in [-0.05, 0) is 19.8 Å². The van der Waals surface area contributed by atoms with Gasteiger partial charge in [0.15, 0.2) is 0 Å². The summed E-state index contributed by atoms with van der Waals surface area (Å²) < 4.78 is 38.6. The fourth-order valence-electron chi connectivity index (χ4n) is 3.40. The Bertz CT molecular complexity index is 610. The van der Waals surface area contributed by atoms with Crippen LogP contribution in [0.1, 0.15) is 32.6 Å². The third-order valence-corrected chi connectivity index (χ3v) is 4.99. The second-order valence-electron chi connectivity index (χ2n) is 6.97. The molecule has 3 aliphatic heterocycles. The number of piperidine rings is 1. The summed E-state index contributed by atoms with van der Waals surface area (Å²) in [5, 5.41) is 0.455. The predicted molar refractivity (Wildman–Crippen MR) is 80.5 cm³/mol. The van der Waals surface area contributed by atoms with Crippen LogP contribution in [-0.4, -0.2) is 71.4 Å². The number of esters is 1. The first kappa shape index (κ1) is 18.8. The number of alkyl halides is 2. The molecule has 0 aliphatic carbocycles. The molecule has 0 aromatic rings. The molecular formula is C15H21F2N3O6. The summed E-state index contributed by atoms with van der Waals surface area (Å²) in [6, 6.07) is -2.47. The Labute approximate surface area is 148 Å². The van der Waals surface area contributed by atoms with Gasteiger partial charge in [0.05, 0.1) is 19.3 Å². The number of primary amides is 1. The number of hydrogen-bond acceptors (Lipinski definition) is 6. The molecule has 3 saturated heterocycles. The van der Waals surface area contributed by atoms with Gasteiger partial charge >= 0.3 is 18.1 Å². The highest BCUT2D eigenvalue weighted by molar-refractivity contribution is 5.87. The van der Waals surface area contributed by atoms with Crippen molar-refractivity contribution in [3.63, 3.8) is 0 Å². The Morgan fingerprint density at radius 2 is 1.96 bits per heavy atom. The third-order valence-electron chi connectivity index (χ3n) is 4.99. The number of urea groups is 1. The molecule has 3 rings (SSSR count). The number of fused-ring (bicyclic) bond motifs is 2. The molecule has 9 nitrogen and oxygen atoms in total. The van der Waals surface area contributed by atoms with Gasteiger partial charge in [0.2, 0.25) is 5.91 Å². The Balaban J connectivity index is 1.66. The number of hydroxylamine groups is 2. The first-order valence-electron chi connectivity index (χ1n) is 8.40. The van der Waals surface area contributed by atoms with Crippen molar-refractivity contribution in [1.29, 1.82) is 0 Å². The van der Waals surface area contributed by atoms with Gasteiger partial charge in [-0.1, -0.05) is 0 Å². The topological polar surface area (TPSA) is 111 Å². The van der Waals surface area contributed by atoms with E-state index in [0.29, 0.717) is 18.3 Å². The minimum absolute atomic E-state index is 0.0343. The summed E-state index contributed by atoms with van der Waals surface area (Å²) in [7, 11) is 0. The summed E-state index contributed by atoms with van der Waals surface area (Å²) in [4.78, 5) is 41.1. The SMILES string of the molecule is CC1(OC(=O)C(F)(F)ON2C(=O)N3C[C@H]2CC[C@H]3C(N)=O)CCOCC1. The summed E-state index contributed by atoms with van der Waals surface area (Å²) in [5.74, 6) is -2.57. The molecule has 0 saturated carbocycles. The maximum absolute atomic E-state index is 14.2. The molecule has 26 heavy (non-hydrogen) atoms. The van der Waals surface area contributed by atoms with E-state index in [1.54, 1.807) is 6.92 Å². The lowest BCUT2D eigenvalue weighted by molar-refractivity contribution is -0.333. The lowest BCUT2D eigenvalue weighted by atomic mass is 9.97. The summed E-state index contributed by atoms with van der Waals surface area (Å²) in [6.45, 7) is 2.17.